The summed E-state index contributed by atoms with van der Waals surface area (Å²) in [7, 11) is 3.76. The van der Waals surface area contributed by atoms with E-state index in [1.807, 2.05) is 57.7 Å². The third-order valence-corrected chi connectivity index (χ3v) is 9.84. The molecule has 3 amide bonds. The number of carbonyl (C=O) groups is 3. The molecule has 3 aliphatic heterocycles. The van der Waals surface area contributed by atoms with Crippen LogP contribution >= 0.6 is 11.6 Å². The lowest BCUT2D eigenvalue weighted by Gasteiger charge is -2.53. The summed E-state index contributed by atoms with van der Waals surface area (Å²) < 4.78 is 15.1. The molecule has 12 heteroatoms. The molecule has 0 bridgehead atoms. The van der Waals surface area contributed by atoms with Gasteiger partial charge in [0.25, 0.3) is 11.8 Å². The molecule has 2 atom stereocenters. The molecule has 4 heterocycles. The van der Waals surface area contributed by atoms with E-state index in [0.29, 0.717) is 29.9 Å². The van der Waals surface area contributed by atoms with E-state index in [4.69, 9.17) is 18.0 Å². The number of piperazine rings is 1. The number of benzene rings is 1. The topological polar surface area (TPSA) is 101 Å². The second kappa shape index (κ2) is 15.1. The zero-order chi connectivity index (χ0) is 37.3. The Morgan fingerprint density at radius 2 is 1.96 bits per heavy atom. The van der Waals surface area contributed by atoms with Gasteiger partial charge in [-0.1, -0.05) is 50.9 Å². The number of allylic oxidation sites excluding steroid dienone is 3. The maximum absolute atomic E-state index is 15.1. The molecule has 1 fully saturated rings. The van der Waals surface area contributed by atoms with Crippen LogP contribution in [0.1, 0.15) is 50.4 Å². The molecule has 1 aromatic heterocycles. The van der Waals surface area contributed by atoms with Gasteiger partial charge in [0, 0.05) is 31.9 Å². The summed E-state index contributed by atoms with van der Waals surface area (Å²) in [5, 5.41) is 10.6. The molecule has 0 radical (unpaired) electrons. The minimum absolute atomic E-state index is 0.0238. The van der Waals surface area contributed by atoms with E-state index >= 15 is 9.18 Å². The van der Waals surface area contributed by atoms with Crippen molar-refractivity contribution in [1.82, 2.24) is 24.6 Å². The molecule has 0 unspecified atom stereocenters. The fourth-order valence-corrected chi connectivity index (χ4v) is 7.29. The fourth-order valence-electron chi connectivity index (χ4n) is 7.00. The molecule has 0 aliphatic carbocycles. The Morgan fingerprint density at radius 1 is 1.24 bits per heavy atom. The molecule has 5 rings (SSSR count). The predicted octanol–water partition coefficient (Wildman–Crippen LogP) is 4.87. The number of amides is 3. The number of anilines is 1. The molecular formula is C39H44ClFN6O4. The highest BCUT2D eigenvalue weighted by Crippen LogP contribution is 2.43. The summed E-state index contributed by atoms with van der Waals surface area (Å²) in [4.78, 5) is 55.8. The van der Waals surface area contributed by atoms with Gasteiger partial charge < -0.3 is 29.6 Å². The number of nitrogens with zero attached hydrogens (tertiary/aromatic N) is 6. The second-order valence-corrected chi connectivity index (χ2v) is 13.9. The van der Waals surface area contributed by atoms with Crippen molar-refractivity contribution in [2.45, 2.75) is 52.1 Å². The Morgan fingerprint density at radius 3 is 2.57 bits per heavy atom. The third-order valence-electron chi connectivity index (χ3n) is 9.54. The van der Waals surface area contributed by atoms with Gasteiger partial charge in [0.2, 0.25) is 5.91 Å². The standard InChI is InChI=1S/C39H44ClFN6O4/c1-9-25-15-16-42-34(23(4)5)35(25)47-21-26(19-28(40)27(10-2)33-29(41)13-12-14-31(33)48)36-37(39(47)51)44(18-17-43(7)8)38(50)30-22-45(32(49)11-3)24(6)20-46(30)36/h2,11-16,19,23-24,30,48H,3,9,17-18,20-22H2,1,4-8H3/b26-19+,28-27-/t24-,30-/m1/s1. The molecule has 3 aliphatic rings. The van der Waals surface area contributed by atoms with E-state index in [-0.39, 0.29) is 83.5 Å². The first-order valence-electron chi connectivity index (χ1n) is 17.0. The molecule has 10 nitrogen and oxygen atoms in total. The Balaban J connectivity index is 1.83. The molecule has 1 N–H and O–H groups in total. The van der Waals surface area contributed by atoms with E-state index in [0.717, 1.165) is 11.3 Å². The number of phenols is 1. The van der Waals surface area contributed by atoms with Crippen LogP contribution in [0.4, 0.5) is 10.1 Å². The van der Waals surface area contributed by atoms with Crippen molar-refractivity contribution in [3.63, 3.8) is 0 Å². The maximum atomic E-state index is 15.1. The van der Waals surface area contributed by atoms with Gasteiger partial charge in [-0.2, -0.15) is 0 Å². The summed E-state index contributed by atoms with van der Waals surface area (Å²) in [5.74, 6) is 0.300. The Kier molecular flexibility index (Phi) is 11.1. The highest BCUT2D eigenvalue weighted by atomic mass is 35.5. The summed E-state index contributed by atoms with van der Waals surface area (Å²) in [5.41, 5.74) is 3.17. The smallest absolute Gasteiger partial charge is 0.277 e. The van der Waals surface area contributed by atoms with E-state index in [9.17, 15) is 14.7 Å². The number of rotatable bonds is 9. The molecule has 1 aromatic carbocycles. The number of phenolic OH excluding ortho intramolecular Hbond substituents is 1. The van der Waals surface area contributed by atoms with E-state index in [1.165, 1.54) is 29.2 Å². The van der Waals surface area contributed by atoms with E-state index < -0.39 is 11.9 Å². The van der Waals surface area contributed by atoms with Crippen LogP contribution < -0.4 is 4.90 Å². The summed E-state index contributed by atoms with van der Waals surface area (Å²) in [6, 6.07) is 4.60. The van der Waals surface area contributed by atoms with Crippen LogP contribution in [0.15, 0.2) is 71.2 Å². The third kappa shape index (κ3) is 6.90. The van der Waals surface area contributed by atoms with Crippen LogP contribution in [0.3, 0.4) is 0 Å². The zero-order valence-electron chi connectivity index (χ0n) is 29.9. The first-order chi connectivity index (χ1) is 24.2. The van der Waals surface area contributed by atoms with Crippen LogP contribution in [-0.4, -0.2) is 106 Å². The Hall–Kier alpha value is -4.92. The molecule has 268 valence electrons. The minimum atomic E-state index is -0.810. The number of aryl methyl sites for hydroxylation is 1. The molecule has 1 saturated heterocycles. The van der Waals surface area contributed by atoms with Crippen LogP contribution in [0, 0.1) is 18.2 Å². The van der Waals surface area contributed by atoms with Crippen molar-refractivity contribution in [3.05, 3.63) is 93.8 Å². The lowest BCUT2D eigenvalue weighted by atomic mass is 9.91. The van der Waals surface area contributed by atoms with Crippen molar-refractivity contribution < 1.29 is 23.9 Å². The number of aromatic hydroxyl groups is 1. The van der Waals surface area contributed by atoms with Crippen molar-refractivity contribution in [2.24, 2.45) is 0 Å². The van der Waals surface area contributed by atoms with Gasteiger partial charge in [-0.25, -0.2) is 4.39 Å². The number of terminal acetylenes is 1. The second-order valence-electron chi connectivity index (χ2n) is 13.5. The molecule has 51 heavy (non-hydrogen) atoms. The number of pyridine rings is 1. The van der Waals surface area contributed by atoms with Crippen LogP contribution in [0.2, 0.25) is 0 Å². The van der Waals surface area contributed by atoms with Crippen LogP contribution in [-0.2, 0) is 20.8 Å². The minimum Gasteiger partial charge on any atom is -0.507 e. The molecular weight excluding hydrogens is 671 g/mol. The van der Waals surface area contributed by atoms with Crippen molar-refractivity contribution in [3.8, 4) is 18.1 Å². The van der Waals surface area contributed by atoms with E-state index in [2.05, 4.69) is 17.5 Å². The summed E-state index contributed by atoms with van der Waals surface area (Å²) >= 11 is 6.99. The van der Waals surface area contributed by atoms with Gasteiger partial charge in [-0.15, -0.1) is 6.42 Å². The predicted molar refractivity (Wildman–Crippen MR) is 197 cm³/mol. The lowest BCUT2D eigenvalue weighted by molar-refractivity contribution is -0.146. The quantitative estimate of drug-likeness (QED) is 0.292. The average molecular weight is 715 g/mol. The Bertz CT molecular complexity index is 1890. The monoisotopic (exact) mass is 714 g/mol. The van der Waals surface area contributed by atoms with Crippen molar-refractivity contribution in [2.75, 3.05) is 51.7 Å². The van der Waals surface area contributed by atoms with Crippen molar-refractivity contribution >= 4 is 40.6 Å². The highest BCUT2D eigenvalue weighted by Gasteiger charge is 2.51. The lowest BCUT2D eigenvalue weighted by Crippen LogP contribution is -2.67. The number of aromatic nitrogens is 1. The SMILES string of the molecule is C#C/C(=C(Cl)\C=C1/CN(c2c(CC)ccnc2C(C)C)C(=O)C2=C1N1C[C@@H](C)N(C(=O)C=C)C[C@@H]1C(=O)N2CCN(C)C)c1c(O)cccc1F. The van der Waals surface area contributed by atoms with Gasteiger partial charge in [-0.3, -0.25) is 19.4 Å². The first kappa shape index (κ1) is 37.3. The van der Waals surface area contributed by atoms with Gasteiger partial charge in [0.05, 0.1) is 46.3 Å². The average Bonchev–Trinajstić information content (AvgIpc) is 3.09. The maximum Gasteiger partial charge on any atom is 0.277 e. The molecule has 0 saturated carbocycles. The number of hydrogen-bond acceptors (Lipinski definition) is 7. The van der Waals surface area contributed by atoms with Gasteiger partial charge in [0.15, 0.2) is 0 Å². The summed E-state index contributed by atoms with van der Waals surface area (Å²) in [6.45, 7) is 12.5. The largest absolute Gasteiger partial charge is 0.507 e. The van der Waals surface area contributed by atoms with Gasteiger partial charge >= 0.3 is 0 Å². The Labute approximate surface area is 304 Å². The number of hydrogen-bond donors (Lipinski definition) is 1. The fraction of sp³-hybridized carbons (Fsp3) is 0.385. The van der Waals surface area contributed by atoms with Gasteiger partial charge in [-0.05, 0) is 74.8 Å². The van der Waals surface area contributed by atoms with Crippen LogP contribution in [0.25, 0.3) is 5.57 Å². The van der Waals surface area contributed by atoms with Crippen LogP contribution in [0.5, 0.6) is 5.75 Å². The normalized spacial score (nSPS) is 20.5. The number of fused-ring (bicyclic) bond motifs is 2. The van der Waals surface area contributed by atoms with Gasteiger partial charge in [0.1, 0.15) is 23.3 Å². The molecule has 0 spiro atoms. The number of carbonyl (C=O) groups excluding carboxylic acids is 3. The molecule has 2 aromatic rings. The number of halogens is 2. The highest BCUT2D eigenvalue weighted by molar-refractivity contribution is 6.35. The summed E-state index contributed by atoms with van der Waals surface area (Å²) in [6.07, 6.45) is 11.1. The van der Waals surface area contributed by atoms with E-state index in [1.54, 1.807) is 22.1 Å². The zero-order valence-corrected chi connectivity index (χ0v) is 30.7. The van der Waals surface area contributed by atoms with Crippen molar-refractivity contribution in [1.29, 1.82) is 0 Å². The first-order valence-corrected chi connectivity index (χ1v) is 17.4. The number of likely N-dealkylation sites (N-methyl/N-ethyl adjacent to an activating group) is 1.